The zero-order valence-electron chi connectivity index (χ0n) is 8.04. The zero-order chi connectivity index (χ0) is 10.3. The third kappa shape index (κ3) is 1.39. The van der Waals surface area contributed by atoms with Crippen LogP contribution in [0.3, 0.4) is 0 Å². The van der Waals surface area contributed by atoms with Crippen molar-refractivity contribution < 1.29 is 4.79 Å². The van der Waals surface area contributed by atoms with E-state index in [1.807, 2.05) is 37.1 Å². The second-order valence-corrected chi connectivity index (χ2v) is 4.35. The van der Waals surface area contributed by atoms with Gasteiger partial charge in [0.15, 0.2) is 0 Å². The van der Waals surface area contributed by atoms with Crippen LogP contribution in [0.25, 0.3) is 0 Å². The van der Waals surface area contributed by atoms with Gasteiger partial charge in [-0.3, -0.25) is 4.79 Å². The number of benzene rings is 1. The molecule has 1 unspecified atom stereocenters. The average Bonchev–Trinajstić information content (AvgIpc) is 2.16. The molecule has 1 amide bonds. The smallest absolute Gasteiger partial charge is 0.246 e. The van der Waals surface area contributed by atoms with E-state index in [1.54, 1.807) is 0 Å². The van der Waals surface area contributed by atoms with Crippen molar-refractivity contribution in [1.29, 1.82) is 0 Å². The number of carbonyl (C=O) groups is 1. The molecular weight excluding hydrogens is 244 g/mol. The standard InChI is InChI=1S/C10H11BrN2O/c1-6-10(14)12-8-4-3-7(11)5-9(8)13(6)2/h3-6H,1-2H3,(H,12,14). The molecular formula is C10H11BrN2O. The van der Waals surface area contributed by atoms with Gasteiger partial charge in [0.2, 0.25) is 5.91 Å². The van der Waals surface area contributed by atoms with Gasteiger partial charge in [-0.2, -0.15) is 0 Å². The SMILES string of the molecule is CC1C(=O)Nc2ccc(Br)cc2N1C. The Bertz CT molecular complexity index is 392. The van der Waals surface area contributed by atoms with E-state index < -0.39 is 0 Å². The summed E-state index contributed by atoms with van der Waals surface area (Å²) in [4.78, 5) is 13.5. The Morgan fingerprint density at radius 2 is 2.21 bits per heavy atom. The van der Waals surface area contributed by atoms with Gasteiger partial charge in [0.1, 0.15) is 6.04 Å². The molecule has 1 aromatic carbocycles. The summed E-state index contributed by atoms with van der Waals surface area (Å²) in [5, 5.41) is 2.87. The maximum absolute atomic E-state index is 11.5. The molecule has 0 spiro atoms. The van der Waals surface area contributed by atoms with Crippen molar-refractivity contribution in [3.63, 3.8) is 0 Å². The van der Waals surface area contributed by atoms with Crippen LogP contribution in [-0.4, -0.2) is 19.0 Å². The third-order valence-corrected chi connectivity index (χ3v) is 3.05. The summed E-state index contributed by atoms with van der Waals surface area (Å²) in [6.07, 6.45) is 0. The van der Waals surface area contributed by atoms with Crippen LogP contribution < -0.4 is 10.2 Å². The number of anilines is 2. The molecule has 3 nitrogen and oxygen atoms in total. The number of hydrogen-bond donors (Lipinski definition) is 1. The summed E-state index contributed by atoms with van der Waals surface area (Å²) in [6.45, 7) is 1.89. The summed E-state index contributed by atoms with van der Waals surface area (Å²) in [5.41, 5.74) is 1.92. The molecule has 0 saturated carbocycles. The van der Waals surface area contributed by atoms with Gasteiger partial charge in [-0.1, -0.05) is 15.9 Å². The lowest BCUT2D eigenvalue weighted by molar-refractivity contribution is -0.117. The van der Waals surface area contributed by atoms with E-state index in [0.717, 1.165) is 15.8 Å². The highest BCUT2D eigenvalue weighted by atomic mass is 79.9. The van der Waals surface area contributed by atoms with Crippen molar-refractivity contribution in [2.75, 3.05) is 17.3 Å². The number of nitrogens with one attached hydrogen (secondary N) is 1. The van der Waals surface area contributed by atoms with E-state index in [-0.39, 0.29) is 11.9 Å². The van der Waals surface area contributed by atoms with Crippen LogP contribution in [0.1, 0.15) is 6.92 Å². The second kappa shape index (κ2) is 3.28. The summed E-state index contributed by atoms with van der Waals surface area (Å²) in [6, 6.07) is 5.71. The monoisotopic (exact) mass is 254 g/mol. The van der Waals surface area contributed by atoms with Crippen LogP contribution in [0.2, 0.25) is 0 Å². The first-order chi connectivity index (χ1) is 6.59. The molecule has 0 saturated heterocycles. The first-order valence-corrected chi connectivity index (χ1v) is 5.22. The maximum atomic E-state index is 11.5. The normalized spacial score (nSPS) is 20.4. The van der Waals surface area contributed by atoms with Crippen molar-refractivity contribution in [2.24, 2.45) is 0 Å². The number of amides is 1. The van der Waals surface area contributed by atoms with Crippen molar-refractivity contribution in [1.82, 2.24) is 0 Å². The molecule has 1 heterocycles. The Hall–Kier alpha value is -1.03. The number of rotatable bonds is 0. The molecule has 1 N–H and O–H groups in total. The van der Waals surface area contributed by atoms with E-state index in [0.29, 0.717) is 0 Å². The highest BCUT2D eigenvalue weighted by molar-refractivity contribution is 9.10. The molecule has 1 aromatic rings. The first-order valence-electron chi connectivity index (χ1n) is 4.43. The lowest BCUT2D eigenvalue weighted by Crippen LogP contribution is -2.43. The highest BCUT2D eigenvalue weighted by Gasteiger charge is 2.26. The van der Waals surface area contributed by atoms with Crippen LogP contribution >= 0.6 is 15.9 Å². The van der Waals surface area contributed by atoms with Crippen LogP contribution in [0.5, 0.6) is 0 Å². The third-order valence-electron chi connectivity index (χ3n) is 2.56. The Balaban J connectivity index is 2.51. The number of hydrogen-bond acceptors (Lipinski definition) is 2. The predicted molar refractivity (Wildman–Crippen MR) is 60.6 cm³/mol. The molecule has 1 aliphatic heterocycles. The van der Waals surface area contributed by atoms with E-state index in [9.17, 15) is 4.79 Å². The van der Waals surface area contributed by atoms with E-state index in [4.69, 9.17) is 0 Å². The van der Waals surface area contributed by atoms with Gasteiger partial charge in [-0.15, -0.1) is 0 Å². The Morgan fingerprint density at radius 3 is 2.93 bits per heavy atom. The summed E-state index contributed by atoms with van der Waals surface area (Å²) in [7, 11) is 1.93. The van der Waals surface area contributed by atoms with Gasteiger partial charge < -0.3 is 10.2 Å². The molecule has 0 fully saturated rings. The van der Waals surface area contributed by atoms with Gasteiger partial charge in [-0.25, -0.2) is 0 Å². The van der Waals surface area contributed by atoms with Crippen molar-refractivity contribution >= 4 is 33.2 Å². The minimum absolute atomic E-state index is 0.0438. The fourth-order valence-electron chi connectivity index (χ4n) is 1.52. The summed E-state index contributed by atoms with van der Waals surface area (Å²) >= 11 is 3.41. The number of likely N-dealkylation sites (N-methyl/N-ethyl adjacent to an activating group) is 1. The van der Waals surface area contributed by atoms with Crippen molar-refractivity contribution in [2.45, 2.75) is 13.0 Å². The molecule has 14 heavy (non-hydrogen) atoms. The van der Waals surface area contributed by atoms with Gasteiger partial charge in [0.25, 0.3) is 0 Å². The Kier molecular flexibility index (Phi) is 2.23. The van der Waals surface area contributed by atoms with Crippen LogP contribution in [0.4, 0.5) is 11.4 Å². The van der Waals surface area contributed by atoms with Crippen molar-refractivity contribution in [3.8, 4) is 0 Å². The molecule has 2 rings (SSSR count). The fraction of sp³-hybridized carbons (Fsp3) is 0.300. The number of halogens is 1. The van der Waals surface area contributed by atoms with Crippen LogP contribution in [-0.2, 0) is 4.79 Å². The quantitative estimate of drug-likeness (QED) is 0.770. The molecule has 1 aliphatic rings. The largest absolute Gasteiger partial charge is 0.361 e. The zero-order valence-corrected chi connectivity index (χ0v) is 9.63. The van der Waals surface area contributed by atoms with Gasteiger partial charge in [0, 0.05) is 11.5 Å². The van der Waals surface area contributed by atoms with Gasteiger partial charge in [-0.05, 0) is 25.1 Å². The van der Waals surface area contributed by atoms with Crippen LogP contribution in [0, 0.1) is 0 Å². The molecule has 1 atom stereocenters. The molecule has 0 bridgehead atoms. The maximum Gasteiger partial charge on any atom is 0.246 e. The minimum Gasteiger partial charge on any atom is -0.361 e. The van der Waals surface area contributed by atoms with E-state index >= 15 is 0 Å². The van der Waals surface area contributed by atoms with Crippen molar-refractivity contribution in [3.05, 3.63) is 22.7 Å². The minimum atomic E-state index is -0.114. The lowest BCUT2D eigenvalue weighted by Gasteiger charge is -2.33. The number of carbonyl (C=O) groups excluding carboxylic acids is 1. The molecule has 0 radical (unpaired) electrons. The van der Waals surface area contributed by atoms with E-state index in [1.165, 1.54) is 0 Å². The second-order valence-electron chi connectivity index (χ2n) is 3.44. The Labute approximate surface area is 91.2 Å². The summed E-state index contributed by atoms with van der Waals surface area (Å²) in [5.74, 6) is 0.0438. The average molecular weight is 255 g/mol. The molecule has 4 heteroatoms. The van der Waals surface area contributed by atoms with Crippen LogP contribution in [0.15, 0.2) is 22.7 Å². The topological polar surface area (TPSA) is 32.3 Å². The first kappa shape index (κ1) is 9.52. The molecule has 0 aromatic heterocycles. The summed E-state index contributed by atoms with van der Waals surface area (Å²) < 4.78 is 1.02. The van der Waals surface area contributed by atoms with E-state index in [2.05, 4.69) is 21.2 Å². The predicted octanol–water partition coefficient (Wildman–Crippen LogP) is 2.23. The Morgan fingerprint density at radius 1 is 1.50 bits per heavy atom. The molecule has 74 valence electrons. The van der Waals surface area contributed by atoms with Gasteiger partial charge >= 0.3 is 0 Å². The highest BCUT2D eigenvalue weighted by Crippen LogP contribution is 2.33. The van der Waals surface area contributed by atoms with Gasteiger partial charge in [0.05, 0.1) is 11.4 Å². The molecule has 0 aliphatic carbocycles. The fourth-order valence-corrected chi connectivity index (χ4v) is 1.87. The number of fused-ring (bicyclic) bond motifs is 1. The lowest BCUT2D eigenvalue weighted by atomic mass is 10.1. The number of nitrogens with zero attached hydrogens (tertiary/aromatic N) is 1.